The molecule has 1 aliphatic heterocycles. The lowest BCUT2D eigenvalue weighted by molar-refractivity contribution is -0.128. The van der Waals surface area contributed by atoms with E-state index < -0.39 is 17.7 Å². The van der Waals surface area contributed by atoms with Crippen LogP contribution in [0.25, 0.3) is 0 Å². The summed E-state index contributed by atoms with van der Waals surface area (Å²) in [6, 6.07) is 14.5. The molecule has 3 rings (SSSR count). The molecule has 3 amide bonds. The second-order valence-electron chi connectivity index (χ2n) is 8.91. The van der Waals surface area contributed by atoms with Gasteiger partial charge in [0.2, 0.25) is 11.8 Å². The Labute approximate surface area is 189 Å². The molecule has 0 unspecified atom stereocenters. The number of ether oxygens (including phenoxy) is 1. The van der Waals surface area contributed by atoms with Gasteiger partial charge in [-0.15, -0.1) is 0 Å². The molecule has 0 aliphatic carbocycles. The Morgan fingerprint density at radius 3 is 2.31 bits per heavy atom. The average Bonchev–Trinajstić information content (AvgIpc) is 2.76. The molecule has 0 fully saturated rings. The summed E-state index contributed by atoms with van der Waals surface area (Å²) in [5.41, 5.74) is 3.16. The van der Waals surface area contributed by atoms with Gasteiger partial charge in [0.15, 0.2) is 0 Å². The highest BCUT2D eigenvalue weighted by Gasteiger charge is 2.37. The first kappa shape index (κ1) is 23.3. The Bertz CT molecular complexity index is 979. The highest BCUT2D eigenvalue weighted by Crippen LogP contribution is 2.25. The fourth-order valence-corrected chi connectivity index (χ4v) is 3.58. The summed E-state index contributed by atoms with van der Waals surface area (Å²) >= 11 is 0. The molecule has 2 aromatic carbocycles. The largest absolute Gasteiger partial charge is 0.444 e. The van der Waals surface area contributed by atoms with Crippen LogP contribution in [0.3, 0.4) is 0 Å². The monoisotopic (exact) mass is 437 g/mol. The van der Waals surface area contributed by atoms with Crippen LogP contribution in [0.5, 0.6) is 0 Å². The predicted molar refractivity (Wildman–Crippen MR) is 123 cm³/mol. The molecule has 0 bridgehead atoms. The van der Waals surface area contributed by atoms with Gasteiger partial charge in [-0.2, -0.15) is 0 Å². The lowest BCUT2D eigenvalue weighted by atomic mass is 9.94. The van der Waals surface area contributed by atoms with E-state index in [1.165, 1.54) is 10.5 Å². The number of hydrogen-bond acceptors (Lipinski definition) is 4. The van der Waals surface area contributed by atoms with Crippen molar-refractivity contribution in [3.63, 3.8) is 0 Å². The zero-order chi connectivity index (χ0) is 23.3. The smallest absolute Gasteiger partial charge is 0.411 e. The quantitative estimate of drug-likeness (QED) is 0.747. The van der Waals surface area contributed by atoms with Crippen LogP contribution in [-0.2, 0) is 33.7 Å². The minimum absolute atomic E-state index is 0.186. The normalized spacial score (nSPS) is 15.5. The molecular formula is C25H31N3O4. The van der Waals surface area contributed by atoms with E-state index in [-0.39, 0.29) is 24.9 Å². The topological polar surface area (TPSA) is 87.7 Å². The first-order chi connectivity index (χ1) is 15.2. The Morgan fingerprint density at radius 1 is 1.03 bits per heavy atom. The second kappa shape index (κ2) is 9.85. The van der Waals surface area contributed by atoms with Crippen LogP contribution < -0.4 is 10.6 Å². The second-order valence-corrected chi connectivity index (χ2v) is 8.91. The summed E-state index contributed by atoms with van der Waals surface area (Å²) in [5, 5.41) is 5.45. The van der Waals surface area contributed by atoms with E-state index in [1.54, 1.807) is 20.8 Å². The van der Waals surface area contributed by atoms with Crippen molar-refractivity contribution in [3.8, 4) is 0 Å². The number of carbonyl (C=O) groups excluding carboxylic acids is 3. The van der Waals surface area contributed by atoms with Crippen molar-refractivity contribution in [3.05, 3.63) is 65.2 Å². The third kappa shape index (κ3) is 6.09. The molecule has 2 N–H and O–H groups in total. The van der Waals surface area contributed by atoms with Crippen LogP contribution in [0.2, 0.25) is 0 Å². The molecule has 0 radical (unpaired) electrons. The molecule has 0 aromatic heterocycles. The van der Waals surface area contributed by atoms with E-state index in [1.807, 2.05) is 48.5 Å². The zero-order valence-corrected chi connectivity index (χ0v) is 19.1. The maximum atomic E-state index is 13.0. The van der Waals surface area contributed by atoms with Gasteiger partial charge >= 0.3 is 6.09 Å². The molecule has 1 atom stereocenters. The summed E-state index contributed by atoms with van der Waals surface area (Å²) in [6.07, 6.45) is 0.734. The molecule has 7 heteroatoms. The molecule has 0 saturated carbocycles. The van der Waals surface area contributed by atoms with Gasteiger partial charge in [-0.05, 0) is 56.0 Å². The third-order valence-electron chi connectivity index (χ3n) is 5.25. The number of rotatable bonds is 5. The van der Waals surface area contributed by atoms with Crippen LogP contribution in [0.15, 0.2) is 48.5 Å². The van der Waals surface area contributed by atoms with Gasteiger partial charge in [-0.3, -0.25) is 14.5 Å². The highest BCUT2D eigenvalue weighted by molar-refractivity contribution is 5.96. The van der Waals surface area contributed by atoms with Gasteiger partial charge in [0, 0.05) is 12.1 Å². The van der Waals surface area contributed by atoms with Crippen molar-refractivity contribution in [1.29, 1.82) is 0 Å². The standard InChI is InChI=1S/C25H31N3O4/c1-5-17-10-12-20(13-11-17)27-22(29)15-26-23(30)21-14-18-8-6-7-9-19(18)16-28(21)24(31)32-25(2,3)4/h6-13,21H,5,14-16H2,1-4H3,(H,26,30)(H,27,29)/t21-/m0/s1. The van der Waals surface area contributed by atoms with Crippen molar-refractivity contribution in [1.82, 2.24) is 10.2 Å². The number of anilines is 1. The number of benzene rings is 2. The van der Waals surface area contributed by atoms with E-state index in [2.05, 4.69) is 17.6 Å². The molecular weight excluding hydrogens is 406 g/mol. The van der Waals surface area contributed by atoms with E-state index in [4.69, 9.17) is 4.74 Å². The lowest BCUT2D eigenvalue weighted by Crippen LogP contribution is -2.54. The van der Waals surface area contributed by atoms with Crippen molar-refractivity contribution in [2.24, 2.45) is 0 Å². The lowest BCUT2D eigenvalue weighted by Gasteiger charge is -2.36. The fourth-order valence-electron chi connectivity index (χ4n) is 3.58. The first-order valence-electron chi connectivity index (χ1n) is 10.9. The van der Waals surface area contributed by atoms with Gasteiger partial charge in [-0.1, -0.05) is 43.3 Å². The fraction of sp³-hybridized carbons (Fsp3) is 0.400. The molecule has 2 aromatic rings. The SMILES string of the molecule is CCc1ccc(NC(=O)CNC(=O)[C@@H]2Cc3ccccc3CN2C(=O)OC(C)(C)C)cc1. The maximum Gasteiger partial charge on any atom is 0.411 e. The van der Waals surface area contributed by atoms with Gasteiger partial charge in [0.25, 0.3) is 0 Å². The average molecular weight is 438 g/mol. The molecule has 7 nitrogen and oxygen atoms in total. The van der Waals surface area contributed by atoms with Crippen LogP contribution in [-0.4, -0.2) is 41.0 Å². The van der Waals surface area contributed by atoms with E-state index in [9.17, 15) is 14.4 Å². The van der Waals surface area contributed by atoms with E-state index in [0.717, 1.165) is 17.5 Å². The molecule has 32 heavy (non-hydrogen) atoms. The molecule has 170 valence electrons. The van der Waals surface area contributed by atoms with Gasteiger partial charge < -0.3 is 15.4 Å². The number of nitrogens with zero attached hydrogens (tertiary/aromatic N) is 1. The van der Waals surface area contributed by atoms with Crippen LogP contribution in [0.1, 0.15) is 44.4 Å². The first-order valence-corrected chi connectivity index (χ1v) is 10.9. The Kier molecular flexibility index (Phi) is 7.18. The Hall–Kier alpha value is -3.35. The summed E-state index contributed by atoms with van der Waals surface area (Å²) in [4.78, 5) is 39.6. The molecule has 1 aliphatic rings. The Balaban J connectivity index is 1.66. The van der Waals surface area contributed by atoms with Crippen molar-refractivity contribution in [2.45, 2.75) is 58.7 Å². The summed E-state index contributed by atoms with van der Waals surface area (Å²) in [5.74, 6) is -0.718. The van der Waals surface area contributed by atoms with Crippen molar-refractivity contribution >= 4 is 23.6 Å². The number of hydrogen-bond donors (Lipinski definition) is 2. The molecule has 1 heterocycles. The van der Waals surface area contributed by atoms with Crippen LogP contribution in [0, 0.1) is 0 Å². The van der Waals surface area contributed by atoms with E-state index >= 15 is 0 Å². The van der Waals surface area contributed by atoms with E-state index in [0.29, 0.717) is 12.1 Å². The molecule has 0 spiro atoms. The summed E-state index contributed by atoms with van der Waals surface area (Å²) in [7, 11) is 0. The van der Waals surface area contributed by atoms with Gasteiger partial charge in [0.1, 0.15) is 11.6 Å². The number of carbonyl (C=O) groups is 3. The van der Waals surface area contributed by atoms with Crippen molar-refractivity contribution < 1.29 is 19.1 Å². The minimum atomic E-state index is -0.753. The minimum Gasteiger partial charge on any atom is -0.444 e. The third-order valence-corrected chi connectivity index (χ3v) is 5.25. The number of aryl methyl sites for hydroxylation is 1. The number of fused-ring (bicyclic) bond motifs is 1. The summed E-state index contributed by atoms with van der Waals surface area (Å²) < 4.78 is 5.52. The van der Waals surface area contributed by atoms with Crippen LogP contribution in [0.4, 0.5) is 10.5 Å². The summed E-state index contributed by atoms with van der Waals surface area (Å²) in [6.45, 7) is 7.51. The van der Waals surface area contributed by atoms with Crippen LogP contribution >= 0.6 is 0 Å². The maximum absolute atomic E-state index is 13.0. The molecule has 0 saturated heterocycles. The highest BCUT2D eigenvalue weighted by atomic mass is 16.6. The van der Waals surface area contributed by atoms with Crippen molar-refractivity contribution in [2.75, 3.05) is 11.9 Å². The number of nitrogens with one attached hydrogen (secondary N) is 2. The zero-order valence-electron chi connectivity index (χ0n) is 19.1. The number of amides is 3. The van der Waals surface area contributed by atoms with Gasteiger partial charge in [0.05, 0.1) is 13.1 Å². The Morgan fingerprint density at radius 2 is 1.69 bits per heavy atom. The predicted octanol–water partition coefficient (Wildman–Crippen LogP) is 3.67. The van der Waals surface area contributed by atoms with Gasteiger partial charge in [-0.25, -0.2) is 4.79 Å².